The molecule has 20 heavy (non-hydrogen) atoms. The van der Waals surface area contributed by atoms with Crippen LogP contribution in [0.1, 0.15) is 33.6 Å². The quantitative estimate of drug-likeness (QED) is 0.784. The van der Waals surface area contributed by atoms with Gasteiger partial charge in [-0.15, -0.1) is 0 Å². The predicted octanol–water partition coefficient (Wildman–Crippen LogP) is 1.16. The first-order chi connectivity index (χ1) is 9.34. The van der Waals surface area contributed by atoms with Crippen LogP contribution in [-0.4, -0.2) is 66.3 Å². The maximum Gasteiger partial charge on any atom is 0.410 e. The Labute approximate surface area is 120 Å². The van der Waals surface area contributed by atoms with Crippen LogP contribution >= 0.6 is 0 Å². The Kier molecular flexibility index (Phi) is 4.56. The van der Waals surface area contributed by atoms with Crippen molar-refractivity contribution in [3.63, 3.8) is 0 Å². The number of ether oxygens (including phenoxy) is 3. The van der Waals surface area contributed by atoms with Crippen molar-refractivity contribution < 1.29 is 24.1 Å². The number of aliphatic hydroxyl groups is 1. The number of amides is 1. The minimum absolute atomic E-state index is 0.0613. The van der Waals surface area contributed by atoms with Crippen LogP contribution in [0.5, 0.6) is 0 Å². The first kappa shape index (κ1) is 15.5. The Morgan fingerprint density at radius 2 is 2.25 bits per heavy atom. The van der Waals surface area contributed by atoms with Crippen molar-refractivity contribution in [2.75, 3.05) is 32.9 Å². The van der Waals surface area contributed by atoms with Gasteiger partial charge in [0.1, 0.15) is 17.3 Å². The van der Waals surface area contributed by atoms with E-state index in [4.69, 9.17) is 14.2 Å². The van der Waals surface area contributed by atoms with E-state index in [9.17, 15) is 9.90 Å². The Hall–Kier alpha value is -0.850. The van der Waals surface area contributed by atoms with Gasteiger partial charge in [-0.25, -0.2) is 4.79 Å². The van der Waals surface area contributed by atoms with E-state index in [-0.39, 0.29) is 18.8 Å². The Bertz CT molecular complexity index is 350. The highest BCUT2D eigenvalue weighted by Crippen LogP contribution is 2.30. The maximum atomic E-state index is 12.1. The van der Waals surface area contributed by atoms with E-state index in [1.165, 1.54) is 0 Å². The lowest BCUT2D eigenvalue weighted by Crippen LogP contribution is -2.59. The summed E-state index contributed by atoms with van der Waals surface area (Å²) in [6.45, 7) is 7.50. The van der Waals surface area contributed by atoms with Crippen molar-refractivity contribution in [2.24, 2.45) is 0 Å². The van der Waals surface area contributed by atoms with Crippen LogP contribution in [0, 0.1) is 0 Å². The second kappa shape index (κ2) is 5.87. The molecule has 6 nitrogen and oxygen atoms in total. The third-order valence-electron chi connectivity index (χ3n) is 3.48. The zero-order valence-electron chi connectivity index (χ0n) is 12.6. The summed E-state index contributed by atoms with van der Waals surface area (Å²) < 4.78 is 16.9. The summed E-state index contributed by atoms with van der Waals surface area (Å²) in [6, 6.07) is 0. The van der Waals surface area contributed by atoms with Crippen molar-refractivity contribution in [3.8, 4) is 0 Å². The molecule has 0 aromatic rings. The lowest BCUT2D eigenvalue weighted by atomic mass is 9.92. The lowest BCUT2D eigenvalue weighted by molar-refractivity contribution is -0.222. The average molecular weight is 287 g/mol. The monoisotopic (exact) mass is 287 g/mol. The lowest BCUT2D eigenvalue weighted by Gasteiger charge is -2.46. The third kappa shape index (κ3) is 3.84. The molecule has 0 bridgehead atoms. The number of carbonyl (C=O) groups excluding carboxylic acids is 1. The Balaban J connectivity index is 1.99. The molecule has 2 rings (SSSR count). The molecular weight excluding hydrogens is 262 g/mol. The summed E-state index contributed by atoms with van der Waals surface area (Å²) in [6.07, 6.45) is 1.07. The van der Waals surface area contributed by atoms with E-state index in [0.717, 1.165) is 12.8 Å². The van der Waals surface area contributed by atoms with Gasteiger partial charge in [-0.3, -0.25) is 0 Å². The van der Waals surface area contributed by atoms with Crippen LogP contribution in [-0.2, 0) is 14.2 Å². The highest BCUT2D eigenvalue weighted by molar-refractivity contribution is 5.68. The molecule has 0 aromatic heterocycles. The summed E-state index contributed by atoms with van der Waals surface area (Å²) in [5.41, 5.74) is -1.000. The Morgan fingerprint density at radius 1 is 1.50 bits per heavy atom. The van der Waals surface area contributed by atoms with Gasteiger partial charge in [-0.2, -0.15) is 0 Å². The largest absolute Gasteiger partial charge is 0.444 e. The van der Waals surface area contributed by atoms with E-state index in [1.54, 1.807) is 4.90 Å². The molecule has 116 valence electrons. The molecule has 6 heteroatoms. The standard InChI is InChI=1S/C14H25NO5/c1-13(2,3)20-12(17)15-6-4-5-14(9-15)10-18-8-11(7-16)19-14/h11,16H,4-10H2,1-3H3. The smallest absolute Gasteiger partial charge is 0.410 e. The van der Waals surface area contributed by atoms with Crippen molar-refractivity contribution in [1.29, 1.82) is 0 Å². The molecule has 2 heterocycles. The second-order valence-corrected chi connectivity index (χ2v) is 6.63. The number of hydrogen-bond donors (Lipinski definition) is 1. The average Bonchev–Trinajstić information content (AvgIpc) is 2.37. The van der Waals surface area contributed by atoms with E-state index in [2.05, 4.69) is 0 Å². The van der Waals surface area contributed by atoms with Crippen LogP contribution in [0.3, 0.4) is 0 Å². The Morgan fingerprint density at radius 3 is 2.90 bits per heavy atom. The number of rotatable bonds is 1. The molecule has 0 aromatic carbocycles. The fourth-order valence-electron chi connectivity index (χ4n) is 2.68. The van der Waals surface area contributed by atoms with Gasteiger partial charge in [-0.1, -0.05) is 0 Å². The summed E-state index contributed by atoms with van der Waals surface area (Å²) in [7, 11) is 0. The zero-order chi connectivity index (χ0) is 14.8. The molecule has 2 aliphatic rings. The molecule has 2 atom stereocenters. The number of nitrogens with zero attached hydrogens (tertiary/aromatic N) is 1. The van der Waals surface area contributed by atoms with E-state index in [1.807, 2.05) is 20.8 Å². The van der Waals surface area contributed by atoms with Crippen LogP contribution in [0.25, 0.3) is 0 Å². The molecule has 2 aliphatic heterocycles. The highest BCUT2D eigenvalue weighted by Gasteiger charge is 2.43. The number of likely N-dealkylation sites (tertiary alicyclic amines) is 1. The summed E-state index contributed by atoms with van der Waals surface area (Å²) in [5, 5.41) is 9.22. The summed E-state index contributed by atoms with van der Waals surface area (Å²) >= 11 is 0. The molecule has 2 fully saturated rings. The predicted molar refractivity (Wildman–Crippen MR) is 72.5 cm³/mol. The number of piperidine rings is 1. The molecule has 1 spiro atoms. The maximum absolute atomic E-state index is 12.1. The second-order valence-electron chi connectivity index (χ2n) is 6.63. The first-order valence-electron chi connectivity index (χ1n) is 7.18. The number of hydrogen-bond acceptors (Lipinski definition) is 5. The molecule has 2 saturated heterocycles. The number of aliphatic hydroxyl groups excluding tert-OH is 1. The fourth-order valence-corrected chi connectivity index (χ4v) is 2.68. The van der Waals surface area contributed by atoms with Gasteiger partial charge in [0.25, 0.3) is 0 Å². The minimum atomic E-state index is -0.501. The van der Waals surface area contributed by atoms with Crippen molar-refractivity contribution >= 4 is 6.09 Å². The molecular formula is C14H25NO5. The van der Waals surface area contributed by atoms with Gasteiger partial charge in [0.05, 0.1) is 26.4 Å². The first-order valence-corrected chi connectivity index (χ1v) is 7.18. The van der Waals surface area contributed by atoms with E-state index in [0.29, 0.717) is 26.3 Å². The van der Waals surface area contributed by atoms with Gasteiger partial charge in [0.2, 0.25) is 0 Å². The van der Waals surface area contributed by atoms with Gasteiger partial charge in [-0.05, 0) is 33.6 Å². The van der Waals surface area contributed by atoms with Crippen LogP contribution < -0.4 is 0 Å². The highest BCUT2D eigenvalue weighted by atomic mass is 16.6. The van der Waals surface area contributed by atoms with Crippen LogP contribution in [0.4, 0.5) is 4.79 Å². The number of carbonyl (C=O) groups is 1. The molecule has 1 amide bonds. The van der Waals surface area contributed by atoms with Gasteiger partial charge < -0.3 is 24.2 Å². The zero-order valence-corrected chi connectivity index (χ0v) is 12.6. The van der Waals surface area contributed by atoms with Crippen molar-refractivity contribution in [2.45, 2.75) is 50.9 Å². The minimum Gasteiger partial charge on any atom is -0.444 e. The SMILES string of the molecule is CC(C)(C)OC(=O)N1CCCC2(COCC(CO)O2)C1. The van der Waals surface area contributed by atoms with Crippen molar-refractivity contribution in [3.05, 3.63) is 0 Å². The normalized spacial score (nSPS) is 31.4. The van der Waals surface area contributed by atoms with Crippen molar-refractivity contribution in [1.82, 2.24) is 4.90 Å². The third-order valence-corrected chi connectivity index (χ3v) is 3.48. The molecule has 0 radical (unpaired) electrons. The molecule has 1 N–H and O–H groups in total. The van der Waals surface area contributed by atoms with E-state index >= 15 is 0 Å². The molecule has 0 saturated carbocycles. The van der Waals surface area contributed by atoms with Crippen LogP contribution in [0.15, 0.2) is 0 Å². The van der Waals surface area contributed by atoms with Gasteiger partial charge in [0.15, 0.2) is 0 Å². The summed E-state index contributed by atoms with van der Waals surface area (Å²) in [4.78, 5) is 13.8. The van der Waals surface area contributed by atoms with Gasteiger partial charge in [0, 0.05) is 6.54 Å². The van der Waals surface area contributed by atoms with Crippen LogP contribution in [0.2, 0.25) is 0 Å². The summed E-state index contributed by atoms with van der Waals surface area (Å²) in [5.74, 6) is 0. The molecule has 2 unspecified atom stereocenters. The topological polar surface area (TPSA) is 68.2 Å². The van der Waals surface area contributed by atoms with E-state index < -0.39 is 11.2 Å². The fraction of sp³-hybridized carbons (Fsp3) is 0.929. The van der Waals surface area contributed by atoms with Gasteiger partial charge >= 0.3 is 6.09 Å². The molecule has 0 aliphatic carbocycles.